The predicted octanol–water partition coefficient (Wildman–Crippen LogP) is 6.29. The highest BCUT2D eigenvalue weighted by atomic mass is 16.5. The number of nitrogens with two attached hydrogens (primary N) is 1. The summed E-state index contributed by atoms with van der Waals surface area (Å²) < 4.78 is 17.3. The van der Waals surface area contributed by atoms with Crippen molar-refractivity contribution in [2.75, 3.05) is 6.61 Å². The second-order valence-corrected chi connectivity index (χ2v) is 9.18. The number of hydrogen-bond acceptors (Lipinski definition) is 6. The molecule has 7 heteroatoms. The molecule has 39 heavy (non-hydrogen) atoms. The fourth-order valence-corrected chi connectivity index (χ4v) is 4.41. The lowest BCUT2D eigenvalue weighted by molar-refractivity contribution is -0.147. The molecule has 1 aromatic heterocycles. The lowest BCUT2D eigenvalue weighted by Crippen LogP contribution is -2.36. The molecule has 1 atom stereocenters. The maximum atomic E-state index is 12.8. The molecule has 1 amide bonds. The number of hydrogen-bond donors (Lipinski definition) is 2. The molecule has 1 saturated carbocycles. The molecule has 3 aromatic carbocycles. The van der Waals surface area contributed by atoms with Crippen molar-refractivity contribution in [3.63, 3.8) is 0 Å². The van der Waals surface area contributed by atoms with E-state index in [1.54, 1.807) is 25.3 Å². The summed E-state index contributed by atoms with van der Waals surface area (Å²) in [6.07, 6.45) is 3.35. The topological polar surface area (TPSA) is 104 Å². The van der Waals surface area contributed by atoms with Crippen LogP contribution in [0.2, 0.25) is 0 Å². The van der Waals surface area contributed by atoms with Crippen LogP contribution in [0.25, 0.3) is 22.1 Å². The Kier molecular flexibility index (Phi) is 9.39. The van der Waals surface area contributed by atoms with E-state index in [2.05, 4.69) is 11.4 Å². The number of benzene rings is 3. The third kappa shape index (κ3) is 6.67. The molecule has 0 aliphatic heterocycles. The van der Waals surface area contributed by atoms with Gasteiger partial charge < -0.3 is 24.9 Å². The van der Waals surface area contributed by atoms with Gasteiger partial charge in [0.15, 0.2) is 6.04 Å². The van der Waals surface area contributed by atoms with E-state index in [0.29, 0.717) is 17.9 Å². The van der Waals surface area contributed by atoms with E-state index in [1.807, 2.05) is 62.4 Å². The first-order chi connectivity index (χ1) is 19.1. The van der Waals surface area contributed by atoms with Gasteiger partial charge in [0.2, 0.25) is 5.91 Å². The number of furan rings is 1. The van der Waals surface area contributed by atoms with Crippen molar-refractivity contribution in [2.45, 2.75) is 52.8 Å². The fourth-order valence-electron chi connectivity index (χ4n) is 4.41. The lowest BCUT2D eigenvalue weighted by Gasteiger charge is -2.21. The van der Waals surface area contributed by atoms with Gasteiger partial charge in [-0.3, -0.25) is 4.79 Å². The van der Waals surface area contributed by atoms with Crippen LogP contribution in [0, 0.1) is 5.92 Å². The monoisotopic (exact) mass is 528 g/mol. The van der Waals surface area contributed by atoms with Crippen LogP contribution < -0.4 is 15.8 Å². The third-order valence-corrected chi connectivity index (χ3v) is 6.47. The number of ether oxygens (including phenoxy) is 2. The maximum absolute atomic E-state index is 12.8. The molecule has 5 rings (SSSR count). The quantitative estimate of drug-likeness (QED) is 0.234. The Morgan fingerprint density at radius 2 is 1.82 bits per heavy atom. The van der Waals surface area contributed by atoms with Gasteiger partial charge in [-0.15, -0.1) is 0 Å². The van der Waals surface area contributed by atoms with Gasteiger partial charge in [0.05, 0.1) is 12.9 Å². The molecule has 1 aliphatic rings. The van der Waals surface area contributed by atoms with E-state index in [-0.39, 0.29) is 25.0 Å². The zero-order chi connectivity index (χ0) is 27.8. The number of para-hydroxylation sites is 1. The van der Waals surface area contributed by atoms with Crippen LogP contribution in [0.1, 0.15) is 56.3 Å². The Hall–Kier alpha value is -4.10. The molecule has 0 saturated heterocycles. The van der Waals surface area contributed by atoms with Crippen molar-refractivity contribution in [1.29, 1.82) is 0 Å². The van der Waals surface area contributed by atoms with Crippen LogP contribution in [0.15, 0.2) is 77.4 Å². The molecule has 1 aliphatic carbocycles. The largest absolute Gasteiger partial charge is 0.489 e. The highest BCUT2D eigenvalue weighted by molar-refractivity contribution is 5.93. The van der Waals surface area contributed by atoms with Gasteiger partial charge in [-0.2, -0.15) is 0 Å². The fraction of sp³-hybridized carbons (Fsp3) is 0.312. The normalized spacial score (nSPS) is 13.2. The summed E-state index contributed by atoms with van der Waals surface area (Å²) in [6.45, 7) is 6.67. The Morgan fingerprint density at radius 1 is 1.03 bits per heavy atom. The Balaban J connectivity index is 0.00000172. The molecule has 1 fully saturated rings. The van der Waals surface area contributed by atoms with Crippen molar-refractivity contribution >= 4 is 22.8 Å². The van der Waals surface area contributed by atoms with Crippen molar-refractivity contribution in [3.05, 3.63) is 89.7 Å². The minimum absolute atomic E-state index is 0.0390. The Bertz CT molecular complexity index is 1420. The van der Waals surface area contributed by atoms with Gasteiger partial charge in [0.25, 0.3) is 0 Å². The van der Waals surface area contributed by atoms with Crippen molar-refractivity contribution < 1.29 is 23.5 Å². The minimum atomic E-state index is -0.935. The Labute approximate surface area is 229 Å². The van der Waals surface area contributed by atoms with Crippen molar-refractivity contribution in [2.24, 2.45) is 11.7 Å². The summed E-state index contributed by atoms with van der Waals surface area (Å²) in [5.41, 5.74) is 11.1. The van der Waals surface area contributed by atoms with Crippen LogP contribution in [-0.4, -0.2) is 18.5 Å². The zero-order valence-corrected chi connectivity index (χ0v) is 22.7. The average molecular weight is 529 g/mol. The Morgan fingerprint density at radius 3 is 2.56 bits per heavy atom. The number of amides is 1. The lowest BCUT2D eigenvalue weighted by atomic mass is 9.99. The van der Waals surface area contributed by atoms with Gasteiger partial charge >= 0.3 is 5.97 Å². The number of nitrogens with one attached hydrogen (secondary N) is 1. The first-order valence-electron chi connectivity index (χ1n) is 13.6. The SMILES string of the molecule is CC.CCOC(=O)C(NC(=O)C1CC1)c1ccccc1OCc1cc(-c2cccc(CN)c2)c2occc2c1. The number of carbonyl (C=O) groups excluding carboxylic acids is 2. The summed E-state index contributed by atoms with van der Waals surface area (Å²) in [4.78, 5) is 25.3. The average Bonchev–Trinajstić information content (AvgIpc) is 3.73. The first kappa shape index (κ1) is 27.9. The van der Waals surface area contributed by atoms with E-state index < -0.39 is 12.0 Å². The summed E-state index contributed by atoms with van der Waals surface area (Å²) in [5, 5.41) is 3.83. The van der Waals surface area contributed by atoms with Crippen LogP contribution in [-0.2, 0) is 27.5 Å². The number of fused-ring (bicyclic) bond motifs is 1. The minimum Gasteiger partial charge on any atom is -0.489 e. The molecule has 0 bridgehead atoms. The van der Waals surface area contributed by atoms with Gasteiger partial charge in [-0.05, 0) is 66.8 Å². The smallest absolute Gasteiger partial charge is 0.333 e. The van der Waals surface area contributed by atoms with Crippen molar-refractivity contribution in [3.8, 4) is 16.9 Å². The van der Waals surface area contributed by atoms with E-state index in [0.717, 1.165) is 46.1 Å². The molecule has 1 unspecified atom stereocenters. The van der Waals surface area contributed by atoms with Crippen LogP contribution in [0.4, 0.5) is 0 Å². The number of carbonyl (C=O) groups is 2. The van der Waals surface area contributed by atoms with Crippen LogP contribution in [0.3, 0.4) is 0 Å². The number of esters is 1. The molecule has 7 nitrogen and oxygen atoms in total. The predicted molar refractivity (Wildman–Crippen MR) is 152 cm³/mol. The highest BCUT2D eigenvalue weighted by Crippen LogP contribution is 2.34. The van der Waals surface area contributed by atoms with Crippen LogP contribution in [0.5, 0.6) is 5.75 Å². The van der Waals surface area contributed by atoms with Gasteiger partial charge in [-0.25, -0.2) is 4.79 Å². The molecule has 0 radical (unpaired) electrons. The molecule has 0 spiro atoms. The first-order valence-corrected chi connectivity index (χ1v) is 13.6. The standard InChI is InChI=1S/C30H30N2O5.C2H6/c1-2-35-30(34)27(32-29(33)21-10-11-21)24-8-3-4-9-26(24)37-18-20-15-23-12-13-36-28(23)25(16-20)22-7-5-6-19(14-22)17-31;1-2/h3-9,12-16,21,27H,2,10-11,17-18,31H2,1H3,(H,32,33);1-2H3. The molecular formula is C32H36N2O5. The molecule has 204 valence electrons. The van der Waals surface area contributed by atoms with E-state index >= 15 is 0 Å². The zero-order valence-electron chi connectivity index (χ0n) is 22.7. The van der Waals surface area contributed by atoms with Gasteiger partial charge in [0, 0.05) is 29.0 Å². The summed E-state index contributed by atoms with van der Waals surface area (Å²) in [6, 6.07) is 20.4. The number of rotatable bonds is 10. The summed E-state index contributed by atoms with van der Waals surface area (Å²) in [5.74, 6) is -0.171. The van der Waals surface area contributed by atoms with Gasteiger partial charge in [-0.1, -0.05) is 50.2 Å². The molecule has 4 aromatic rings. The van der Waals surface area contributed by atoms with Crippen LogP contribution >= 0.6 is 0 Å². The summed E-state index contributed by atoms with van der Waals surface area (Å²) in [7, 11) is 0. The maximum Gasteiger partial charge on any atom is 0.333 e. The highest BCUT2D eigenvalue weighted by Gasteiger charge is 2.34. The molecule has 1 heterocycles. The third-order valence-electron chi connectivity index (χ3n) is 6.47. The van der Waals surface area contributed by atoms with Crippen molar-refractivity contribution in [1.82, 2.24) is 5.32 Å². The van der Waals surface area contributed by atoms with E-state index in [1.165, 1.54) is 0 Å². The van der Waals surface area contributed by atoms with E-state index in [4.69, 9.17) is 19.6 Å². The molecular weight excluding hydrogens is 492 g/mol. The van der Waals surface area contributed by atoms with E-state index in [9.17, 15) is 9.59 Å². The summed E-state index contributed by atoms with van der Waals surface area (Å²) >= 11 is 0. The second-order valence-electron chi connectivity index (χ2n) is 9.18. The van der Waals surface area contributed by atoms with Gasteiger partial charge in [0.1, 0.15) is 17.9 Å². The molecule has 3 N–H and O–H groups in total. The second kappa shape index (κ2) is 13.1.